The number of aromatic nitrogens is 1. The molecule has 1 aliphatic rings. The van der Waals surface area contributed by atoms with Crippen molar-refractivity contribution in [2.24, 2.45) is 0 Å². The Bertz CT molecular complexity index is 464. The average molecular weight is 393 g/mol. The average Bonchev–Trinajstić information content (AvgIpc) is 2.42. The zero-order valence-corrected chi connectivity index (χ0v) is 13.7. The van der Waals surface area contributed by atoms with E-state index < -0.39 is 0 Å². The van der Waals surface area contributed by atoms with Crippen LogP contribution in [0.5, 0.6) is 0 Å². The standard InChI is InChI=1S/C12H15Br2N3O2/c1-8(12(18)17-2-4-19-5-3-17)16-11-10(14)6-9(13)7-15-11/h6-8H,2-5H2,1H3,(H,15,16). The summed E-state index contributed by atoms with van der Waals surface area (Å²) in [6.07, 6.45) is 1.69. The molecule has 7 heteroatoms. The normalized spacial score (nSPS) is 17.1. The fourth-order valence-electron chi connectivity index (χ4n) is 1.85. The van der Waals surface area contributed by atoms with Crippen LogP contribution in [0.1, 0.15) is 6.92 Å². The highest BCUT2D eigenvalue weighted by Crippen LogP contribution is 2.24. The summed E-state index contributed by atoms with van der Waals surface area (Å²) in [6, 6.07) is 1.57. The second kappa shape index (κ2) is 6.67. The lowest BCUT2D eigenvalue weighted by molar-refractivity contribution is -0.135. The first-order valence-corrected chi connectivity index (χ1v) is 7.60. The van der Waals surface area contributed by atoms with Crippen molar-refractivity contribution in [1.29, 1.82) is 0 Å². The van der Waals surface area contributed by atoms with Gasteiger partial charge in [0, 0.05) is 23.8 Å². The number of hydrogen-bond acceptors (Lipinski definition) is 4. The Kier molecular flexibility index (Phi) is 5.18. The zero-order chi connectivity index (χ0) is 13.8. The van der Waals surface area contributed by atoms with Crippen LogP contribution < -0.4 is 5.32 Å². The molecule has 0 saturated carbocycles. The molecule has 5 nitrogen and oxygen atoms in total. The van der Waals surface area contributed by atoms with Gasteiger partial charge < -0.3 is 15.0 Å². The van der Waals surface area contributed by atoms with Gasteiger partial charge in [-0.2, -0.15) is 0 Å². The van der Waals surface area contributed by atoms with Crippen LogP contribution in [0.4, 0.5) is 5.82 Å². The van der Waals surface area contributed by atoms with E-state index in [9.17, 15) is 4.79 Å². The van der Waals surface area contributed by atoms with Gasteiger partial charge in [-0.05, 0) is 44.8 Å². The summed E-state index contributed by atoms with van der Waals surface area (Å²) < 4.78 is 6.95. The fourth-order valence-corrected chi connectivity index (χ4v) is 2.95. The van der Waals surface area contributed by atoms with Gasteiger partial charge in [-0.25, -0.2) is 4.98 Å². The third-order valence-corrected chi connectivity index (χ3v) is 3.89. The van der Waals surface area contributed by atoms with Gasteiger partial charge >= 0.3 is 0 Å². The molecule has 2 rings (SSSR count). The molecule has 1 fully saturated rings. The molecule has 1 aliphatic heterocycles. The van der Waals surface area contributed by atoms with Crippen LogP contribution in [-0.4, -0.2) is 48.1 Å². The highest BCUT2D eigenvalue weighted by molar-refractivity contribution is 9.11. The van der Waals surface area contributed by atoms with Crippen molar-refractivity contribution in [2.75, 3.05) is 31.6 Å². The Hall–Kier alpha value is -0.660. The third kappa shape index (κ3) is 3.90. The van der Waals surface area contributed by atoms with Crippen molar-refractivity contribution >= 4 is 43.6 Å². The van der Waals surface area contributed by atoms with Crippen LogP contribution in [0.3, 0.4) is 0 Å². The van der Waals surface area contributed by atoms with Crippen molar-refractivity contribution in [3.63, 3.8) is 0 Å². The first kappa shape index (κ1) is 14.7. The summed E-state index contributed by atoms with van der Waals surface area (Å²) >= 11 is 6.77. The number of hydrogen-bond donors (Lipinski definition) is 1. The molecule has 1 aromatic heterocycles. The summed E-state index contributed by atoms with van der Waals surface area (Å²) in [4.78, 5) is 18.3. The lowest BCUT2D eigenvalue weighted by atomic mass is 10.2. The molecule has 0 aromatic carbocycles. The molecule has 19 heavy (non-hydrogen) atoms. The molecular weight excluding hydrogens is 378 g/mol. The van der Waals surface area contributed by atoms with E-state index in [1.807, 2.05) is 17.9 Å². The van der Waals surface area contributed by atoms with E-state index in [0.29, 0.717) is 32.1 Å². The van der Waals surface area contributed by atoms with Gasteiger partial charge in [0.2, 0.25) is 5.91 Å². The van der Waals surface area contributed by atoms with Crippen LogP contribution in [0.25, 0.3) is 0 Å². The van der Waals surface area contributed by atoms with E-state index in [2.05, 4.69) is 42.2 Å². The van der Waals surface area contributed by atoms with E-state index >= 15 is 0 Å². The number of carbonyl (C=O) groups excluding carboxylic acids is 1. The molecule has 1 unspecified atom stereocenters. The summed E-state index contributed by atoms with van der Waals surface area (Å²) in [5, 5.41) is 3.12. The Labute approximate surface area is 129 Å². The number of nitrogens with one attached hydrogen (secondary N) is 1. The van der Waals surface area contributed by atoms with Crippen molar-refractivity contribution in [3.05, 3.63) is 21.2 Å². The molecule has 1 atom stereocenters. The van der Waals surface area contributed by atoms with Gasteiger partial charge in [0.25, 0.3) is 0 Å². The minimum Gasteiger partial charge on any atom is -0.378 e. The highest BCUT2D eigenvalue weighted by Gasteiger charge is 2.23. The minimum absolute atomic E-state index is 0.0694. The van der Waals surface area contributed by atoms with Crippen molar-refractivity contribution in [3.8, 4) is 0 Å². The quantitative estimate of drug-likeness (QED) is 0.857. The Balaban J connectivity index is 1.99. The molecule has 0 spiro atoms. The van der Waals surface area contributed by atoms with Gasteiger partial charge in [0.1, 0.15) is 11.9 Å². The second-order valence-electron chi connectivity index (χ2n) is 4.29. The minimum atomic E-state index is -0.317. The predicted molar refractivity (Wildman–Crippen MR) is 80.1 cm³/mol. The van der Waals surface area contributed by atoms with Crippen LogP contribution in [0, 0.1) is 0 Å². The van der Waals surface area contributed by atoms with Crippen LogP contribution >= 0.6 is 31.9 Å². The van der Waals surface area contributed by atoms with Crippen LogP contribution in [-0.2, 0) is 9.53 Å². The third-order valence-electron chi connectivity index (χ3n) is 2.85. The molecule has 104 valence electrons. The molecule has 1 amide bonds. The lowest BCUT2D eigenvalue weighted by Gasteiger charge is -2.29. The zero-order valence-electron chi connectivity index (χ0n) is 10.5. The number of amides is 1. The molecule has 1 N–H and O–H groups in total. The Morgan fingerprint density at radius 3 is 2.79 bits per heavy atom. The number of carbonyl (C=O) groups is 1. The Morgan fingerprint density at radius 2 is 2.16 bits per heavy atom. The maximum Gasteiger partial charge on any atom is 0.244 e. The number of nitrogens with zero attached hydrogens (tertiary/aromatic N) is 2. The van der Waals surface area contributed by atoms with Crippen LogP contribution in [0.2, 0.25) is 0 Å². The van der Waals surface area contributed by atoms with Gasteiger partial charge in [0.15, 0.2) is 0 Å². The summed E-state index contributed by atoms with van der Waals surface area (Å²) in [7, 11) is 0. The van der Waals surface area contributed by atoms with Gasteiger partial charge in [-0.1, -0.05) is 0 Å². The van der Waals surface area contributed by atoms with E-state index in [0.717, 1.165) is 8.95 Å². The van der Waals surface area contributed by atoms with Gasteiger partial charge in [-0.15, -0.1) is 0 Å². The summed E-state index contributed by atoms with van der Waals surface area (Å²) in [5.41, 5.74) is 0. The van der Waals surface area contributed by atoms with Gasteiger partial charge in [-0.3, -0.25) is 4.79 Å². The Morgan fingerprint density at radius 1 is 1.47 bits per heavy atom. The first-order valence-electron chi connectivity index (χ1n) is 6.02. The number of anilines is 1. The monoisotopic (exact) mass is 391 g/mol. The van der Waals surface area contributed by atoms with E-state index in [1.54, 1.807) is 6.20 Å². The first-order chi connectivity index (χ1) is 9.08. The number of rotatable bonds is 3. The largest absolute Gasteiger partial charge is 0.378 e. The highest BCUT2D eigenvalue weighted by atomic mass is 79.9. The maximum absolute atomic E-state index is 12.2. The molecule has 1 saturated heterocycles. The van der Waals surface area contributed by atoms with Crippen molar-refractivity contribution in [2.45, 2.75) is 13.0 Å². The molecule has 0 aliphatic carbocycles. The smallest absolute Gasteiger partial charge is 0.244 e. The topological polar surface area (TPSA) is 54.5 Å². The lowest BCUT2D eigenvalue weighted by Crippen LogP contribution is -2.47. The summed E-state index contributed by atoms with van der Waals surface area (Å²) in [6.45, 7) is 4.37. The summed E-state index contributed by atoms with van der Waals surface area (Å²) in [5.74, 6) is 0.734. The number of ether oxygens (including phenoxy) is 1. The van der Waals surface area contributed by atoms with Crippen molar-refractivity contribution < 1.29 is 9.53 Å². The van der Waals surface area contributed by atoms with E-state index in [-0.39, 0.29) is 11.9 Å². The maximum atomic E-state index is 12.2. The number of pyridine rings is 1. The van der Waals surface area contributed by atoms with Crippen LogP contribution in [0.15, 0.2) is 21.2 Å². The number of halogens is 2. The fraction of sp³-hybridized carbons (Fsp3) is 0.500. The van der Waals surface area contributed by atoms with E-state index in [1.165, 1.54) is 0 Å². The van der Waals surface area contributed by atoms with Crippen molar-refractivity contribution in [1.82, 2.24) is 9.88 Å². The molecule has 1 aromatic rings. The number of morpholine rings is 1. The SMILES string of the molecule is CC(Nc1ncc(Br)cc1Br)C(=O)N1CCOCC1. The van der Waals surface area contributed by atoms with E-state index in [4.69, 9.17) is 4.74 Å². The second-order valence-corrected chi connectivity index (χ2v) is 6.06. The molecule has 2 heterocycles. The van der Waals surface area contributed by atoms with Gasteiger partial charge in [0.05, 0.1) is 17.7 Å². The molecule has 0 bridgehead atoms. The molecular formula is C12H15Br2N3O2. The predicted octanol–water partition coefficient (Wildman–Crippen LogP) is 2.27. The molecule has 0 radical (unpaired) electrons.